The Hall–Kier alpha value is -3.07. The second-order valence-electron chi connectivity index (χ2n) is 12.0. The molecule has 2 saturated heterocycles. The number of amides is 2. The smallest absolute Gasteiger partial charge is 0.410 e. The lowest BCUT2D eigenvalue weighted by Crippen LogP contribution is -2.64. The Labute approximate surface area is 223 Å². The van der Waals surface area contributed by atoms with Gasteiger partial charge in [-0.3, -0.25) is 9.69 Å². The van der Waals surface area contributed by atoms with Crippen molar-refractivity contribution in [2.45, 2.75) is 83.0 Å². The fourth-order valence-electron chi connectivity index (χ4n) is 5.93. The first-order chi connectivity index (χ1) is 18.0. The first-order valence-electron chi connectivity index (χ1n) is 13.6. The van der Waals surface area contributed by atoms with Gasteiger partial charge in [-0.1, -0.05) is 6.42 Å². The molecule has 204 valence electrons. The summed E-state index contributed by atoms with van der Waals surface area (Å²) in [5.41, 5.74) is 0.564. The van der Waals surface area contributed by atoms with Crippen molar-refractivity contribution in [2.75, 3.05) is 19.6 Å². The van der Waals surface area contributed by atoms with Gasteiger partial charge >= 0.3 is 6.09 Å². The number of aliphatic hydroxyl groups is 1. The van der Waals surface area contributed by atoms with Gasteiger partial charge < -0.3 is 14.7 Å². The molecule has 8 nitrogen and oxygen atoms in total. The maximum atomic E-state index is 13.7. The molecule has 0 unspecified atom stereocenters. The van der Waals surface area contributed by atoms with Gasteiger partial charge in [-0.15, -0.1) is 0 Å². The van der Waals surface area contributed by atoms with E-state index < -0.39 is 23.8 Å². The second-order valence-corrected chi connectivity index (χ2v) is 12.0. The maximum Gasteiger partial charge on any atom is 0.410 e. The summed E-state index contributed by atoms with van der Waals surface area (Å²) in [6, 6.07) is 7.30. The third-order valence-electron chi connectivity index (χ3n) is 8.26. The van der Waals surface area contributed by atoms with Gasteiger partial charge in [-0.25, -0.2) is 19.2 Å². The minimum absolute atomic E-state index is 0.0941. The summed E-state index contributed by atoms with van der Waals surface area (Å²) in [6.45, 7) is 6.84. The molecule has 1 spiro atoms. The molecule has 2 aromatic rings. The summed E-state index contributed by atoms with van der Waals surface area (Å²) in [7, 11) is 0. The van der Waals surface area contributed by atoms with Crippen LogP contribution in [0.1, 0.15) is 71.0 Å². The molecule has 1 aromatic heterocycles. The number of ether oxygens (including phenoxy) is 1. The van der Waals surface area contributed by atoms with Crippen molar-refractivity contribution in [1.29, 1.82) is 0 Å². The predicted octanol–water partition coefficient (Wildman–Crippen LogP) is 4.53. The number of aromatic nitrogens is 2. The van der Waals surface area contributed by atoms with Gasteiger partial charge in [0.25, 0.3) is 0 Å². The fraction of sp³-hybridized carbons (Fsp3) is 0.586. The number of benzene rings is 1. The molecule has 3 heterocycles. The Morgan fingerprint density at radius 1 is 1.11 bits per heavy atom. The monoisotopic (exact) mass is 524 g/mol. The molecular weight excluding hydrogens is 487 g/mol. The first kappa shape index (κ1) is 26.5. The van der Waals surface area contributed by atoms with Crippen LogP contribution in [0.5, 0.6) is 0 Å². The van der Waals surface area contributed by atoms with Crippen molar-refractivity contribution in [3.8, 4) is 11.3 Å². The summed E-state index contributed by atoms with van der Waals surface area (Å²) in [5, 5.41) is 11.0. The molecule has 0 bridgehead atoms. The zero-order valence-electron chi connectivity index (χ0n) is 22.4. The van der Waals surface area contributed by atoms with Crippen LogP contribution in [0.4, 0.5) is 9.18 Å². The molecule has 2 amide bonds. The molecule has 2 aliphatic heterocycles. The number of halogens is 1. The first-order valence-corrected chi connectivity index (χ1v) is 13.6. The van der Waals surface area contributed by atoms with Gasteiger partial charge in [0.05, 0.1) is 11.8 Å². The third kappa shape index (κ3) is 5.39. The number of hydrogen-bond acceptors (Lipinski definition) is 6. The maximum absolute atomic E-state index is 13.7. The summed E-state index contributed by atoms with van der Waals surface area (Å²) in [5.74, 6) is 0.382. The second kappa shape index (κ2) is 10.2. The number of rotatable bonds is 3. The average Bonchev–Trinajstić information content (AvgIpc) is 2.86. The van der Waals surface area contributed by atoms with Gasteiger partial charge in [0.1, 0.15) is 23.3 Å². The van der Waals surface area contributed by atoms with Gasteiger partial charge in [0, 0.05) is 49.1 Å². The molecule has 2 atom stereocenters. The predicted molar refractivity (Wildman–Crippen MR) is 140 cm³/mol. The number of nitrogens with zero attached hydrogens (tertiary/aromatic N) is 4. The minimum atomic E-state index is -0.735. The molecule has 1 aliphatic carbocycles. The van der Waals surface area contributed by atoms with Crippen LogP contribution in [0.2, 0.25) is 0 Å². The van der Waals surface area contributed by atoms with Crippen molar-refractivity contribution in [2.24, 2.45) is 5.41 Å². The highest BCUT2D eigenvalue weighted by molar-refractivity contribution is 5.86. The van der Waals surface area contributed by atoms with Gasteiger partial charge in [0.2, 0.25) is 5.91 Å². The van der Waals surface area contributed by atoms with Gasteiger partial charge in [-0.2, -0.15) is 0 Å². The molecule has 3 aliphatic rings. The number of piperidine rings is 2. The molecule has 3 fully saturated rings. The van der Waals surface area contributed by atoms with Crippen molar-refractivity contribution >= 4 is 12.0 Å². The number of carbonyl (C=O) groups is 2. The van der Waals surface area contributed by atoms with E-state index in [9.17, 15) is 19.1 Å². The Balaban J connectivity index is 1.27. The van der Waals surface area contributed by atoms with Crippen LogP contribution in [0, 0.1) is 11.2 Å². The molecule has 1 saturated carbocycles. The molecular formula is C29H37FN4O4. The molecule has 5 rings (SSSR count). The Morgan fingerprint density at radius 2 is 1.79 bits per heavy atom. The van der Waals surface area contributed by atoms with Crippen LogP contribution >= 0.6 is 0 Å². The number of carbonyl (C=O) groups excluding carboxylic acids is 2. The minimum Gasteiger partial charge on any atom is -0.444 e. The highest BCUT2D eigenvalue weighted by Gasteiger charge is 2.53. The summed E-state index contributed by atoms with van der Waals surface area (Å²) in [4.78, 5) is 39.5. The van der Waals surface area contributed by atoms with Crippen LogP contribution in [-0.4, -0.2) is 74.3 Å². The van der Waals surface area contributed by atoms with Crippen LogP contribution in [0.15, 0.2) is 36.5 Å². The SMILES string of the molecule is CC(C)(C)OC(=O)N1CC2(CCC2)[C@H](O)C[C@H]1C(=O)N1CCC(c2nccc(-c3ccc(F)cc3)n2)CC1. The van der Waals surface area contributed by atoms with Crippen LogP contribution < -0.4 is 0 Å². The summed E-state index contributed by atoms with van der Waals surface area (Å²) >= 11 is 0. The van der Waals surface area contributed by atoms with Crippen molar-refractivity contribution in [3.05, 3.63) is 48.2 Å². The molecule has 1 N–H and O–H groups in total. The lowest BCUT2D eigenvalue weighted by Gasteiger charge is -2.54. The van der Waals surface area contributed by atoms with Crippen molar-refractivity contribution < 1.29 is 23.8 Å². The van der Waals surface area contributed by atoms with Crippen molar-refractivity contribution in [3.63, 3.8) is 0 Å². The summed E-state index contributed by atoms with van der Waals surface area (Å²) in [6.07, 6.45) is 4.99. The lowest BCUT2D eigenvalue weighted by molar-refractivity contribution is -0.152. The van der Waals surface area contributed by atoms with E-state index in [-0.39, 0.29) is 29.5 Å². The molecule has 0 radical (unpaired) electrons. The topological polar surface area (TPSA) is 95.9 Å². The normalized spacial score (nSPS) is 23.7. The number of aliphatic hydroxyl groups excluding tert-OH is 1. The summed E-state index contributed by atoms with van der Waals surface area (Å²) < 4.78 is 19.0. The van der Waals surface area contributed by atoms with E-state index in [0.29, 0.717) is 38.3 Å². The van der Waals surface area contributed by atoms with E-state index in [1.807, 2.05) is 26.8 Å². The lowest BCUT2D eigenvalue weighted by atomic mass is 9.61. The standard InChI is InChI=1S/C29H37FN4O4/c1-28(2,3)38-27(37)34-18-29(12-4-13-29)24(35)17-23(34)26(36)33-15-10-20(11-16-33)25-31-14-9-22(32-25)19-5-7-21(30)8-6-19/h5-9,14,20,23-24,35H,4,10-13,15-18H2,1-3H3/t23-,24+/m0/s1. The fourth-order valence-corrected chi connectivity index (χ4v) is 5.93. The van der Waals surface area contributed by atoms with E-state index in [0.717, 1.165) is 30.5 Å². The Bertz CT molecular complexity index is 1170. The number of hydrogen-bond donors (Lipinski definition) is 1. The highest BCUT2D eigenvalue weighted by Crippen LogP contribution is 2.49. The van der Waals surface area contributed by atoms with Gasteiger partial charge in [0.15, 0.2) is 0 Å². The molecule has 38 heavy (non-hydrogen) atoms. The molecule has 9 heteroatoms. The van der Waals surface area contributed by atoms with Crippen molar-refractivity contribution in [1.82, 2.24) is 19.8 Å². The van der Waals surface area contributed by atoms with E-state index in [2.05, 4.69) is 4.98 Å². The molecule has 1 aromatic carbocycles. The van der Waals surface area contributed by atoms with E-state index in [4.69, 9.17) is 9.72 Å². The van der Waals surface area contributed by atoms with E-state index in [1.54, 1.807) is 28.1 Å². The largest absolute Gasteiger partial charge is 0.444 e. The zero-order valence-corrected chi connectivity index (χ0v) is 22.4. The highest BCUT2D eigenvalue weighted by atomic mass is 19.1. The van der Waals surface area contributed by atoms with Crippen LogP contribution in [0.3, 0.4) is 0 Å². The van der Waals surface area contributed by atoms with E-state index >= 15 is 0 Å². The number of likely N-dealkylation sites (tertiary alicyclic amines) is 2. The van der Waals surface area contributed by atoms with Gasteiger partial charge in [-0.05, 0) is 76.8 Å². The third-order valence-corrected chi connectivity index (χ3v) is 8.26. The van der Waals surface area contributed by atoms with Crippen LogP contribution in [0.25, 0.3) is 11.3 Å². The Kier molecular flexibility index (Phi) is 7.15. The van der Waals surface area contributed by atoms with E-state index in [1.165, 1.54) is 12.1 Å². The van der Waals surface area contributed by atoms with Crippen LogP contribution in [-0.2, 0) is 9.53 Å². The quantitative estimate of drug-likeness (QED) is 0.634. The Morgan fingerprint density at radius 3 is 2.39 bits per heavy atom. The zero-order chi connectivity index (χ0) is 27.1. The average molecular weight is 525 g/mol.